The molecule has 4 aromatic carbocycles. The zero-order valence-electron chi connectivity index (χ0n) is 23.6. The fourth-order valence-electron chi connectivity index (χ4n) is 6.96. The van der Waals surface area contributed by atoms with Crippen molar-refractivity contribution >= 4 is 71.2 Å². The van der Waals surface area contributed by atoms with Gasteiger partial charge in [-0.25, -0.2) is 15.0 Å². The van der Waals surface area contributed by atoms with Gasteiger partial charge in [-0.15, -0.1) is 0 Å². The number of imidazole rings is 1. The van der Waals surface area contributed by atoms with Gasteiger partial charge in [-0.2, -0.15) is 0 Å². The molecule has 0 unspecified atom stereocenters. The maximum Gasteiger partial charge on any atom is 0.158 e. The Labute approximate surface area is 269 Å². The summed E-state index contributed by atoms with van der Waals surface area (Å²) >= 11 is 0. The second kappa shape index (κ2) is 9.49. The summed E-state index contributed by atoms with van der Waals surface area (Å²) in [6, 6.07) is 38.9. The monoisotopic (exact) mass is 761 g/mol. The molecule has 8 heteroatoms. The van der Waals surface area contributed by atoms with E-state index in [-0.39, 0.29) is 26.8 Å². The second-order valence-electron chi connectivity index (χ2n) is 11.1. The molecule has 0 spiro atoms. The summed E-state index contributed by atoms with van der Waals surface area (Å²) in [5.41, 5.74) is 5.44. The van der Waals surface area contributed by atoms with E-state index in [0.717, 1.165) is 77.2 Å². The molecule has 0 amide bonds. The molecule has 6 aromatic heterocycles. The minimum absolute atomic E-state index is 0. The Morgan fingerprint density at radius 2 is 1.04 bits per heavy atom. The number of aromatic hydroxyl groups is 1. The van der Waals surface area contributed by atoms with Crippen molar-refractivity contribution in [1.29, 1.82) is 0 Å². The normalized spacial score (nSPS) is 11.9. The van der Waals surface area contributed by atoms with Gasteiger partial charge in [0.1, 0.15) is 22.9 Å². The van der Waals surface area contributed by atoms with Crippen LogP contribution in [0.3, 0.4) is 0 Å². The van der Waals surface area contributed by atoms with Crippen molar-refractivity contribution in [3.05, 3.63) is 128 Å². The summed E-state index contributed by atoms with van der Waals surface area (Å²) in [5, 5.41) is 18.1. The molecule has 0 aliphatic carbocycles. The van der Waals surface area contributed by atoms with Crippen molar-refractivity contribution < 1.29 is 26.2 Å². The molecule has 0 atom stereocenters. The number of hydrogen-bond acceptors (Lipinski definition) is 4. The van der Waals surface area contributed by atoms with E-state index in [2.05, 4.69) is 80.3 Å². The van der Waals surface area contributed by atoms with Gasteiger partial charge in [0, 0.05) is 54.2 Å². The maximum absolute atomic E-state index is 11.0. The first-order valence-corrected chi connectivity index (χ1v) is 14.5. The van der Waals surface area contributed by atoms with Crippen LogP contribution < -0.4 is 0 Å². The van der Waals surface area contributed by atoms with Crippen molar-refractivity contribution in [2.24, 2.45) is 0 Å². The fraction of sp³-hybridized carbons (Fsp3) is 0. The van der Waals surface area contributed by atoms with Crippen LogP contribution in [0.4, 0.5) is 0 Å². The van der Waals surface area contributed by atoms with Crippen LogP contribution in [0.1, 0.15) is 0 Å². The van der Waals surface area contributed by atoms with Gasteiger partial charge in [0.15, 0.2) is 11.5 Å². The molecule has 0 bridgehead atoms. The van der Waals surface area contributed by atoms with Gasteiger partial charge in [0.2, 0.25) is 0 Å². The predicted octanol–water partition coefficient (Wildman–Crippen LogP) is 8.33. The number of pyridine rings is 3. The van der Waals surface area contributed by atoms with E-state index in [4.69, 9.17) is 15.0 Å². The molecular weight excluding hydrogens is 740 g/mol. The summed E-state index contributed by atoms with van der Waals surface area (Å²) in [6.07, 6.45) is 3.87. The van der Waals surface area contributed by atoms with E-state index in [1.165, 1.54) is 0 Å². The van der Waals surface area contributed by atoms with Crippen LogP contribution in [0.2, 0.25) is 0 Å². The molecule has 0 aliphatic rings. The van der Waals surface area contributed by atoms with E-state index >= 15 is 0 Å². The van der Waals surface area contributed by atoms with Gasteiger partial charge in [0.25, 0.3) is 0 Å². The Balaban J connectivity index is 0.00000281. The van der Waals surface area contributed by atoms with Gasteiger partial charge in [-0.3, -0.25) is 13.5 Å². The Kier molecular flexibility index (Phi) is 5.47. The van der Waals surface area contributed by atoms with E-state index in [0.29, 0.717) is 5.65 Å². The molecule has 0 radical (unpaired) electrons. The SMILES string of the molecule is Oc1cccc2c3ccccc3n3cc(-n4c5ccccc5c5ccc(-n6c7ccccc7c7cccnc76)nc54)nc3c12.[Pt]. The van der Waals surface area contributed by atoms with E-state index in [1.54, 1.807) is 6.07 Å². The minimum atomic E-state index is 0. The van der Waals surface area contributed by atoms with Crippen LogP contribution in [0, 0.1) is 0 Å². The summed E-state index contributed by atoms with van der Waals surface area (Å²) in [6.45, 7) is 0. The first kappa shape index (κ1) is 25.9. The third-order valence-corrected chi connectivity index (χ3v) is 8.81. The van der Waals surface area contributed by atoms with Crippen molar-refractivity contribution in [2.75, 3.05) is 0 Å². The Morgan fingerprint density at radius 1 is 0.467 bits per heavy atom. The third-order valence-electron chi connectivity index (χ3n) is 8.81. The predicted molar refractivity (Wildman–Crippen MR) is 176 cm³/mol. The zero-order valence-corrected chi connectivity index (χ0v) is 25.8. The zero-order chi connectivity index (χ0) is 28.9. The quantitative estimate of drug-likeness (QED) is 0.180. The van der Waals surface area contributed by atoms with Crippen LogP contribution in [0.5, 0.6) is 5.75 Å². The Hall–Kier alpha value is -5.52. The van der Waals surface area contributed by atoms with Gasteiger partial charge < -0.3 is 5.11 Å². The average Bonchev–Trinajstić information content (AvgIpc) is 3.75. The largest absolute Gasteiger partial charge is 0.507 e. The molecular formula is C37H22N6OPt. The van der Waals surface area contributed by atoms with Gasteiger partial charge in [-0.1, -0.05) is 66.7 Å². The first-order valence-electron chi connectivity index (χ1n) is 14.5. The summed E-state index contributed by atoms with van der Waals surface area (Å²) in [5.74, 6) is 1.71. The number of aromatic nitrogens is 6. The molecule has 0 aliphatic heterocycles. The second-order valence-corrected chi connectivity index (χ2v) is 11.1. The number of nitrogens with zero attached hydrogens (tertiary/aromatic N) is 6. The molecule has 7 nitrogen and oxygen atoms in total. The molecule has 45 heavy (non-hydrogen) atoms. The number of phenolic OH excluding ortho intramolecular Hbond substituents is 1. The van der Waals surface area contributed by atoms with Crippen molar-refractivity contribution in [2.45, 2.75) is 0 Å². The number of para-hydroxylation sites is 3. The molecule has 216 valence electrons. The Bertz CT molecular complexity index is 2760. The molecule has 0 saturated heterocycles. The topological polar surface area (TPSA) is 73.2 Å². The van der Waals surface area contributed by atoms with Crippen LogP contribution in [0.25, 0.3) is 82.8 Å². The minimum Gasteiger partial charge on any atom is -0.507 e. The van der Waals surface area contributed by atoms with E-state index in [9.17, 15) is 5.11 Å². The van der Waals surface area contributed by atoms with Crippen LogP contribution in [-0.4, -0.2) is 33.6 Å². The molecule has 10 aromatic rings. The van der Waals surface area contributed by atoms with Gasteiger partial charge in [-0.05, 0) is 53.9 Å². The van der Waals surface area contributed by atoms with Gasteiger partial charge >= 0.3 is 0 Å². The third kappa shape index (κ3) is 3.47. The van der Waals surface area contributed by atoms with E-state index < -0.39 is 0 Å². The Morgan fingerprint density at radius 3 is 1.80 bits per heavy atom. The number of phenols is 1. The summed E-state index contributed by atoms with van der Waals surface area (Å²) in [7, 11) is 0. The van der Waals surface area contributed by atoms with E-state index in [1.807, 2.05) is 54.9 Å². The first-order chi connectivity index (χ1) is 21.8. The number of rotatable bonds is 2. The number of fused-ring (bicyclic) bond motifs is 12. The van der Waals surface area contributed by atoms with Crippen LogP contribution >= 0.6 is 0 Å². The molecule has 0 saturated carbocycles. The summed E-state index contributed by atoms with van der Waals surface area (Å²) in [4.78, 5) is 15.3. The number of hydrogen-bond donors (Lipinski definition) is 1. The van der Waals surface area contributed by atoms with Crippen molar-refractivity contribution in [1.82, 2.24) is 28.5 Å². The average molecular weight is 762 g/mol. The van der Waals surface area contributed by atoms with Crippen molar-refractivity contribution in [3.63, 3.8) is 0 Å². The molecule has 6 heterocycles. The van der Waals surface area contributed by atoms with Crippen molar-refractivity contribution in [3.8, 4) is 17.4 Å². The smallest absolute Gasteiger partial charge is 0.158 e. The van der Waals surface area contributed by atoms with Gasteiger partial charge in [0.05, 0.1) is 28.1 Å². The molecule has 10 rings (SSSR count). The number of benzene rings is 4. The summed E-state index contributed by atoms with van der Waals surface area (Å²) < 4.78 is 6.34. The van der Waals surface area contributed by atoms with Crippen LogP contribution in [0.15, 0.2) is 128 Å². The molecule has 0 fully saturated rings. The van der Waals surface area contributed by atoms with Crippen LogP contribution in [-0.2, 0) is 21.1 Å². The fourth-order valence-corrected chi connectivity index (χ4v) is 6.96. The standard InChI is InChI=1S/C37H22N6O.Pt/c44-31-17-7-12-25-22-9-1-4-14-28(22)41-21-33(40-37(41)34(25)31)43-30-16-6-3-11-24(30)27-18-19-32(39-36(27)43)42-29-15-5-2-10-23(29)26-13-8-20-38-35(26)42;/h1-21,44H;. The maximum atomic E-state index is 11.0. The molecule has 1 N–H and O–H groups in total.